The number of amides is 1. The van der Waals surface area contributed by atoms with Crippen LogP contribution < -0.4 is 5.73 Å². The highest BCUT2D eigenvalue weighted by molar-refractivity contribution is 7.89. The first-order chi connectivity index (χ1) is 10.9. The topological polar surface area (TPSA) is 83.7 Å². The van der Waals surface area contributed by atoms with E-state index >= 15 is 0 Å². The summed E-state index contributed by atoms with van der Waals surface area (Å²) in [5.41, 5.74) is 7.05. The largest absolute Gasteiger partial charge is 0.341 e. The number of hydrogen-bond donors (Lipinski definition) is 1. The van der Waals surface area contributed by atoms with E-state index < -0.39 is 10.0 Å². The lowest BCUT2D eigenvalue weighted by atomic mass is 9.89. The minimum Gasteiger partial charge on any atom is -0.341 e. The minimum atomic E-state index is -3.35. The lowest BCUT2D eigenvalue weighted by molar-refractivity contribution is -0.130. The second kappa shape index (κ2) is 8.80. The average molecular weight is 376 g/mol. The standard InChI is InChI=1S/C16H25N3O3S.ClH/c1-3-23(21,22)18(2)12-16(20)19-10-14(9-17)15(11-19)13-7-5-4-6-8-13;/h4-8,14-15H,3,9-12,17H2,1-2H3;1H/t14-,15+;/m1./s1. The molecule has 0 aromatic heterocycles. The molecule has 24 heavy (non-hydrogen) atoms. The summed E-state index contributed by atoms with van der Waals surface area (Å²) in [4.78, 5) is 14.2. The Morgan fingerprint density at radius 2 is 1.92 bits per heavy atom. The quantitative estimate of drug-likeness (QED) is 0.800. The number of rotatable bonds is 6. The van der Waals surface area contributed by atoms with Gasteiger partial charge in [-0.15, -0.1) is 12.4 Å². The van der Waals surface area contributed by atoms with Crippen LogP contribution in [0, 0.1) is 5.92 Å². The SMILES string of the molecule is CCS(=O)(=O)N(C)CC(=O)N1C[C@@H](CN)[C@H](c2ccccc2)C1.Cl. The Bertz CT molecular complexity index is 639. The van der Waals surface area contributed by atoms with Crippen molar-refractivity contribution >= 4 is 28.3 Å². The van der Waals surface area contributed by atoms with E-state index in [0.29, 0.717) is 19.6 Å². The van der Waals surface area contributed by atoms with E-state index in [0.717, 1.165) is 4.31 Å². The van der Waals surface area contributed by atoms with Crippen LogP contribution in [0.4, 0.5) is 0 Å². The maximum atomic E-state index is 12.4. The highest BCUT2D eigenvalue weighted by atomic mass is 35.5. The molecule has 8 heteroatoms. The van der Waals surface area contributed by atoms with Crippen LogP contribution in [0.2, 0.25) is 0 Å². The first-order valence-corrected chi connectivity index (χ1v) is 9.46. The van der Waals surface area contributed by atoms with Gasteiger partial charge in [0.1, 0.15) is 0 Å². The molecule has 0 aliphatic carbocycles. The zero-order chi connectivity index (χ0) is 17.0. The van der Waals surface area contributed by atoms with Gasteiger partial charge < -0.3 is 10.6 Å². The fraction of sp³-hybridized carbons (Fsp3) is 0.562. The summed E-state index contributed by atoms with van der Waals surface area (Å²) in [5.74, 6) is 0.239. The maximum absolute atomic E-state index is 12.4. The average Bonchev–Trinajstić information content (AvgIpc) is 3.00. The molecular formula is C16H26ClN3O3S. The van der Waals surface area contributed by atoms with E-state index in [2.05, 4.69) is 12.1 Å². The Labute approximate surface area is 150 Å². The third-order valence-electron chi connectivity index (χ3n) is 4.52. The molecule has 2 N–H and O–H groups in total. The summed E-state index contributed by atoms with van der Waals surface area (Å²) in [6.45, 7) is 3.13. The van der Waals surface area contributed by atoms with Crippen molar-refractivity contribution in [1.29, 1.82) is 0 Å². The summed E-state index contributed by atoms with van der Waals surface area (Å²) in [5, 5.41) is 0. The molecule has 2 atom stereocenters. The number of carbonyl (C=O) groups excluding carboxylic acids is 1. The zero-order valence-electron chi connectivity index (χ0n) is 14.1. The number of likely N-dealkylation sites (tertiary alicyclic amines) is 1. The lowest BCUT2D eigenvalue weighted by Gasteiger charge is -2.21. The molecule has 1 aromatic rings. The molecule has 0 saturated carbocycles. The van der Waals surface area contributed by atoms with Crippen LogP contribution in [0.3, 0.4) is 0 Å². The normalized spacial score (nSPS) is 20.9. The van der Waals surface area contributed by atoms with Crippen molar-refractivity contribution in [2.24, 2.45) is 11.7 Å². The predicted octanol–water partition coefficient (Wildman–Crippen LogP) is 0.891. The van der Waals surface area contributed by atoms with E-state index in [1.165, 1.54) is 12.6 Å². The molecule has 136 valence electrons. The summed E-state index contributed by atoms with van der Waals surface area (Å²) in [6.07, 6.45) is 0. The molecule has 0 bridgehead atoms. The van der Waals surface area contributed by atoms with Crippen molar-refractivity contribution < 1.29 is 13.2 Å². The van der Waals surface area contributed by atoms with E-state index in [4.69, 9.17) is 5.73 Å². The van der Waals surface area contributed by atoms with Gasteiger partial charge in [-0.3, -0.25) is 4.79 Å². The Balaban J connectivity index is 0.00000288. The van der Waals surface area contributed by atoms with E-state index in [1.54, 1.807) is 11.8 Å². The number of halogens is 1. The van der Waals surface area contributed by atoms with E-state index in [1.807, 2.05) is 18.2 Å². The van der Waals surface area contributed by atoms with Gasteiger partial charge >= 0.3 is 0 Å². The van der Waals surface area contributed by atoms with Crippen molar-refractivity contribution in [1.82, 2.24) is 9.21 Å². The number of nitrogens with two attached hydrogens (primary N) is 1. The van der Waals surface area contributed by atoms with Crippen LogP contribution in [-0.2, 0) is 14.8 Å². The number of sulfonamides is 1. The molecule has 1 fully saturated rings. The van der Waals surface area contributed by atoms with Gasteiger partial charge in [0, 0.05) is 26.1 Å². The highest BCUT2D eigenvalue weighted by Crippen LogP contribution is 2.32. The molecule has 1 aliphatic heterocycles. The van der Waals surface area contributed by atoms with Crippen LogP contribution in [0.1, 0.15) is 18.4 Å². The van der Waals surface area contributed by atoms with Crippen molar-refractivity contribution in [2.75, 3.05) is 39.0 Å². The summed E-state index contributed by atoms with van der Waals surface area (Å²) < 4.78 is 24.7. The molecule has 0 radical (unpaired) electrons. The summed E-state index contributed by atoms with van der Waals surface area (Å²) in [6, 6.07) is 10.0. The molecular weight excluding hydrogens is 350 g/mol. The van der Waals surface area contributed by atoms with Gasteiger partial charge in [0.05, 0.1) is 12.3 Å². The fourth-order valence-electron chi connectivity index (χ4n) is 3.00. The number of hydrogen-bond acceptors (Lipinski definition) is 4. The molecule has 1 saturated heterocycles. The Hall–Kier alpha value is -1.15. The van der Waals surface area contributed by atoms with E-state index in [-0.39, 0.29) is 42.4 Å². The van der Waals surface area contributed by atoms with Gasteiger partial charge in [-0.25, -0.2) is 8.42 Å². The Kier molecular flexibility index (Phi) is 7.66. The molecule has 1 aliphatic rings. The third-order valence-corrected chi connectivity index (χ3v) is 6.33. The maximum Gasteiger partial charge on any atom is 0.237 e. The van der Waals surface area contributed by atoms with Crippen LogP contribution in [-0.4, -0.2) is 62.5 Å². The van der Waals surface area contributed by atoms with Gasteiger partial charge in [0.2, 0.25) is 15.9 Å². The number of carbonyl (C=O) groups is 1. The molecule has 1 aromatic carbocycles. The van der Waals surface area contributed by atoms with Gasteiger partial charge in [-0.1, -0.05) is 30.3 Å². The molecule has 0 spiro atoms. The first kappa shape index (κ1) is 20.9. The number of likely N-dealkylation sites (N-methyl/N-ethyl adjacent to an activating group) is 1. The minimum absolute atomic E-state index is 0. The monoisotopic (exact) mass is 375 g/mol. The van der Waals surface area contributed by atoms with Crippen LogP contribution >= 0.6 is 12.4 Å². The van der Waals surface area contributed by atoms with Crippen molar-refractivity contribution in [3.05, 3.63) is 35.9 Å². The predicted molar refractivity (Wildman–Crippen MR) is 97.6 cm³/mol. The van der Waals surface area contributed by atoms with Crippen molar-refractivity contribution in [3.8, 4) is 0 Å². The van der Waals surface area contributed by atoms with E-state index in [9.17, 15) is 13.2 Å². The number of benzene rings is 1. The summed E-state index contributed by atoms with van der Waals surface area (Å²) in [7, 11) is -1.90. The lowest BCUT2D eigenvalue weighted by Crippen LogP contribution is -2.41. The van der Waals surface area contributed by atoms with Gasteiger partial charge in [-0.2, -0.15) is 4.31 Å². The smallest absolute Gasteiger partial charge is 0.237 e. The first-order valence-electron chi connectivity index (χ1n) is 7.85. The third kappa shape index (κ3) is 4.69. The number of nitrogens with zero attached hydrogens (tertiary/aromatic N) is 2. The fourth-order valence-corrected chi connectivity index (χ4v) is 3.75. The van der Waals surface area contributed by atoms with Crippen LogP contribution in [0.25, 0.3) is 0 Å². The second-order valence-corrected chi connectivity index (χ2v) is 8.33. The van der Waals surface area contributed by atoms with Crippen LogP contribution in [0.5, 0.6) is 0 Å². The van der Waals surface area contributed by atoms with Gasteiger partial charge in [-0.05, 0) is 24.9 Å². The molecule has 6 nitrogen and oxygen atoms in total. The zero-order valence-corrected chi connectivity index (χ0v) is 15.7. The van der Waals surface area contributed by atoms with Crippen LogP contribution in [0.15, 0.2) is 30.3 Å². The molecule has 0 unspecified atom stereocenters. The van der Waals surface area contributed by atoms with Crippen molar-refractivity contribution in [3.63, 3.8) is 0 Å². The summed E-state index contributed by atoms with van der Waals surface area (Å²) >= 11 is 0. The Morgan fingerprint density at radius 3 is 2.46 bits per heavy atom. The second-order valence-electron chi connectivity index (χ2n) is 5.97. The van der Waals surface area contributed by atoms with Gasteiger partial charge in [0.25, 0.3) is 0 Å². The molecule has 1 heterocycles. The molecule has 1 amide bonds. The van der Waals surface area contributed by atoms with Crippen molar-refractivity contribution in [2.45, 2.75) is 12.8 Å². The highest BCUT2D eigenvalue weighted by Gasteiger charge is 2.35. The Morgan fingerprint density at radius 1 is 1.29 bits per heavy atom. The van der Waals surface area contributed by atoms with Gasteiger partial charge in [0.15, 0.2) is 0 Å². The molecule has 2 rings (SSSR count).